The largest absolute Gasteiger partial charge is 0.490 e. The highest BCUT2D eigenvalue weighted by molar-refractivity contribution is 5.94. The molecule has 2 aliphatic heterocycles. The number of rotatable bonds is 3. The van der Waals surface area contributed by atoms with E-state index in [-0.39, 0.29) is 12.0 Å². The summed E-state index contributed by atoms with van der Waals surface area (Å²) in [6, 6.07) is 11.4. The fourth-order valence-corrected chi connectivity index (χ4v) is 3.17. The zero-order valence-electron chi connectivity index (χ0n) is 14.2. The Morgan fingerprint density at radius 1 is 1.08 bits per heavy atom. The molecule has 25 heavy (non-hydrogen) atoms. The van der Waals surface area contributed by atoms with E-state index in [4.69, 9.17) is 14.2 Å². The van der Waals surface area contributed by atoms with Gasteiger partial charge in [0.2, 0.25) is 0 Å². The minimum absolute atomic E-state index is 0.0885. The monoisotopic (exact) mass is 339 g/mol. The summed E-state index contributed by atoms with van der Waals surface area (Å²) in [5.74, 6) is 2.30. The Kier molecular flexibility index (Phi) is 4.22. The van der Waals surface area contributed by atoms with E-state index in [1.807, 2.05) is 37.3 Å². The predicted octanol–water partition coefficient (Wildman–Crippen LogP) is 3.10. The van der Waals surface area contributed by atoms with Crippen molar-refractivity contribution >= 4 is 5.91 Å². The van der Waals surface area contributed by atoms with Gasteiger partial charge in [0.1, 0.15) is 11.9 Å². The quantitative estimate of drug-likeness (QED) is 0.934. The molecule has 0 bridgehead atoms. The lowest BCUT2D eigenvalue weighted by Crippen LogP contribution is -2.22. The first kappa shape index (κ1) is 15.8. The van der Waals surface area contributed by atoms with Crippen LogP contribution >= 0.6 is 0 Å². The van der Waals surface area contributed by atoms with Crippen molar-refractivity contribution in [3.8, 4) is 17.2 Å². The van der Waals surface area contributed by atoms with Crippen LogP contribution in [0.4, 0.5) is 0 Å². The van der Waals surface area contributed by atoms with Gasteiger partial charge in [-0.05, 0) is 48.4 Å². The lowest BCUT2D eigenvalue weighted by molar-refractivity contribution is 0.0951. The van der Waals surface area contributed by atoms with E-state index in [0.29, 0.717) is 25.3 Å². The number of hydrogen-bond donors (Lipinski definition) is 1. The average Bonchev–Trinajstić information content (AvgIpc) is 2.83. The van der Waals surface area contributed by atoms with E-state index in [1.54, 1.807) is 6.07 Å². The third-order valence-corrected chi connectivity index (χ3v) is 4.42. The standard InChI is InChI=1S/C20H21NO4/c1-13-9-16-11-15(4-6-17(16)25-13)20(22)21-12-14-3-5-18-19(10-14)24-8-2-7-23-18/h3-6,10-11,13H,2,7-9,12H2,1H3,(H,21,22). The Morgan fingerprint density at radius 2 is 1.88 bits per heavy atom. The van der Waals surface area contributed by atoms with Crippen molar-refractivity contribution in [1.82, 2.24) is 5.32 Å². The Labute approximate surface area is 146 Å². The van der Waals surface area contributed by atoms with E-state index < -0.39 is 0 Å². The van der Waals surface area contributed by atoms with E-state index >= 15 is 0 Å². The minimum atomic E-state index is -0.0885. The molecule has 0 spiro atoms. The van der Waals surface area contributed by atoms with Crippen LogP contribution in [0.1, 0.15) is 34.8 Å². The summed E-state index contributed by atoms with van der Waals surface area (Å²) in [4.78, 5) is 12.4. The molecule has 130 valence electrons. The maximum Gasteiger partial charge on any atom is 0.251 e. The molecule has 1 amide bonds. The second-order valence-electron chi connectivity index (χ2n) is 6.47. The van der Waals surface area contributed by atoms with Gasteiger partial charge in [-0.15, -0.1) is 0 Å². The third-order valence-electron chi connectivity index (χ3n) is 4.42. The second-order valence-corrected chi connectivity index (χ2v) is 6.47. The van der Waals surface area contributed by atoms with Crippen molar-refractivity contribution in [3.63, 3.8) is 0 Å². The van der Waals surface area contributed by atoms with Gasteiger partial charge in [0.15, 0.2) is 11.5 Å². The summed E-state index contributed by atoms with van der Waals surface area (Å²) in [5.41, 5.74) is 2.73. The smallest absolute Gasteiger partial charge is 0.251 e. The van der Waals surface area contributed by atoms with Gasteiger partial charge in [0, 0.05) is 24.9 Å². The number of fused-ring (bicyclic) bond motifs is 2. The third kappa shape index (κ3) is 3.40. The maximum absolute atomic E-state index is 12.4. The SMILES string of the molecule is CC1Cc2cc(C(=O)NCc3ccc4c(c3)OCCCO4)ccc2O1. The first-order valence-corrected chi connectivity index (χ1v) is 8.65. The van der Waals surface area contributed by atoms with E-state index in [1.165, 1.54) is 0 Å². The number of carbonyl (C=O) groups is 1. The van der Waals surface area contributed by atoms with Gasteiger partial charge in [0.25, 0.3) is 5.91 Å². The number of ether oxygens (including phenoxy) is 3. The van der Waals surface area contributed by atoms with Crippen molar-refractivity contribution < 1.29 is 19.0 Å². The van der Waals surface area contributed by atoms with Crippen LogP contribution in [-0.2, 0) is 13.0 Å². The van der Waals surface area contributed by atoms with E-state index in [0.717, 1.165) is 41.2 Å². The van der Waals surface area contributed by atoms with Crippen LogP contribution in [0.15, 0.2) is 36.4 Å². The highest BCUT2D eigenvalue weighted by Gasteiger charge is 2.20. The maximum atomic E-state index is 12.4. The van der Waals surface area contributed by atoms with Crippen LogP contribution in [-0.4, -0.2) is 25.2 Å². The Hall–Kier alpha value is -2.69. The second kappa shape index (κ2) is 6.67. The molecule has 2 heterocycles. The van der Waals surface area contributed by atoms with Gasteiger partial charge < -0.3 is 19.5 Å². The fraction of sp³-hybridized carbons (Fsp3) is 0.350. The normalized spacial score (nSPS) is 18.0. The summed E-state index contributed by atoms with van der Waals surface area (Å²) in [5, 5.41) is 2.96. The highest BCUT2D eigenvalue weighted by atomic mass is 16.5. The zero-order chi connectivity index (χ0) is 17.2. The molecule has 0 aromatic heterocycles. The number of benzene rings is 2. The molecule has 2 aromatic carbocycles. The topological polar surface area (TPSA) is 56.8 Å². The molecule has 0 saturated heterocycles. The van der Waals surface area contributed by atoms with Crippen molar-refractivity contribution in [2.45, 2.75) is 32.4 Å². The molecular weight excluding hydrogens is 318 g/mol. The Balaban J connectivity index is 1.42. The molecule has 0 saturated carbocycles. The highest BCUT2D eigenvalue weighted by Crippen LogP contribution is 2.31. The first-order valence-electron chi connectivity index (χ1n) is 8.65. The molecule has 5 nitrogen and oxygen atoms in total. The van der Waals surface area contributed by atoms with Crippen molar-refractivity contribution in [2.75, 3.05) is 13.2 Å². The lowest BCUT2D eigenvalue weighted by atomic mass is 10.1. The molecule has 1 atom stereocenters. The number of carbonyl (C=O) groups excluding carboxylic acids is 1. The van der Waals surface area contributed by atoms with E-state index in [9.17, 15) is 4.79 Å². The van der Waals surface area contributed by atoms with Crippen molar-refractivity contribution in [2.24, 2.45) is 0 Å². The van der Waals surface area contributed by atoms with Gasteiger partial charge in [-0.1, -0.05) is 6.07 Å². The Morgan fingerprint density at radius 3 is 2.76 bits per heavy atom. The molecule has 4 rings (SSSR count). The molecule has 1 N–H and O–H groups in total. The summed E-state index contributed by atoms with van der Waals surface area (Å²) in [7, 11) is 0. The predicted molar refractivity (Wildman–Crippen MR) is 93.5 cm³/mol. The number of hydrogen-bond acceptors (Lipinski definition) is 4. The van der Waals surface area contributed by atoms with Gasteiger partial charge >= 0.3 is 0 Å². The minimum Gasteiger partial charge on any atom is -0.490 e. The summed E-state index contributed by atoms with van der Waals surface area (Å²) in [6.45, 7) is 3.80. The van der Waals surface area contributed by atoms with E-state index in [2.05, 4.69) is 5.32 Å². The molecule has 0 radical (unpaired) electrons. The van der Waals surface area contributed by atoms with Crippen LogP contribution < -0.4 is 19.5 Å². The Bertz CT molecular complexity index is 802. The molecule has 5 heteroatoms. The molecular formula is C20H21NO4. The van der Waals surface area contributed by atoms with Gasteiger partial charge in [-0.3, -0.25) is 4.79 Å². The summed E-state index contributed by atoms with van der Waals surface area (Å²) in [6.07, 6.45) is 1.90. The van der Waals surface area contributed by atoms with Gasteiger partial charge in [-0.2, -0.15) is 0 Å². The summed E-state index contributed by atoms with van der Waals surface area (Å²) < 4.78 is 17.0. The molecule has 1 unspecified atom stereocenters. The van der Waals surface area contributed by atoms with Gasteiger partial charge in [0.05, 0.1) is 13.2 Å². The van der Waals surface area contributed by atoms with Crippen LogP contribution in [0.3, 0.4) is 0 Å². The molecule has 2 aliphatic rings. The molecule has 0 fully saturated rings. The first-order chi connectivity index (χ1) is 12.2. The average molecular weight is 339 g/mol. The van der Waals surface area contributed by atoms with Crippen LogP contribution in [0.2, 0.25) is 0 Å². The van der Waals surface area contributed by atoms with Crippen molar-refractivity contribution in [1.29, 1.82) is 0 Å². The summed E-state index contributed by atoms with van der Waals surface area (Å²) >= 11 is 0. The molecule has 0 aliphatic carbocycles. The molecule has 2 aromatic rings. The lowest BCUT2D eigenvalue weighted by Gasteiger charge is -2.10. The fourth-order valence-electron chi connectivity index (χ4n) is 3.17. The van der Waals surface area contributed by atoms with Crippen molar-refractivity contribution in [3.05, 3.63) is 53.1 Å². The van der Waals surface area contributed by atoms with Crippen LogP contribution in [0.5, 0.6) is 17.2 Å². The van der Waals surface area contributed by atoms with Crippen LogP contribution in [0, 0.1) is 0 Å². The van der Waals surface area contributed by atoms with Gasteiger partial charge in [-0.25, -0.2) is 0 Å². The van der Waals surface area contributed by atoms with Crippen LogP contribution in [0.25, 0.3) is 0 Å². The zero-order valence-corrected chi connectivity index (χ0v) is 14.2. The number of amides is 1. The number of nitrogens with one attached hydrogen (secondary N) is 1.